The summed E-state index contributed by atoms with van der Waals surface area (Å²) in [5.74, 6) is -0.0862. The van der Waals surface area contributed by atoms with Gasteiger partial charge in [-0.2, -0.15) is 0 Å². The van der Waals surface area contributed by atoms with Crippen molar-refractivity contribution in [1.82, 2.24) is 15.0 Å². The Morgan fingerprint density at radius 1 is 0.733 bits per heavy atom. The van der Waals surface area contributed by atoms with E-state index in [1.54, 1.807) is 12.1 Å². The number of halogens is 6. The van der Waals surface area contributed by atoms with Crippen molar-refractivity contribution in [3.05, 3.63) is 76.9 Å². The number of alkyl halides is 6. The third kappa shape index (κ3) is 6.21. The molecule has 156 valence electrons. The number of hydrogen-bond donors (Lipinski definition) is 1. The third-order valence-electron chi connectivity index (χ3n) is 3.91. The van der Waals surface area contributed by atoms with Gasteiger partial charge in [-0.15, -0.1) is 0 Å². The molecular formula is C20H13Cl6N3O. The van der Waals surface area contributed by atoms with Gasteiger partial charge in [-0.1, -0.05) is 124 Å². The normalized spacial score (nSPS) is 12.5. The van der Waals surface area contributed by atoms with Crippen LogP contribution in [0.5, 0.6) is 0 Å². The van der Waals surface area contributed by atoms with Gasteiger partial charge in [0, 0.05) is 5.56 Å². The first-order valence-corrected chi connectivity index (χ1v) is 10.7. The van der Waals surface area contributed by atoms with Gasteiger partial charge >= 0.3 is 0 Å². The molecule has 0 saturated heterocycles. The SMILES string of the molecule is OCc1cccc(C=Cc2ccc(-c3nc(C(Cl)(Cl)Cl)nc(C(Cl)(Cl)Cl)n3)cc2)c1. The number of aliphatic hydroxyl groups is 1. The average molecular weight is 524 g/mol. The first-order chi connectivity index (χ1) is 14.1. The molecule has 0 aliphatic carbocycles. The molecule has 0 saturated carbocycles. The highest BCUT2D eigenvalue weighted by molar-refractivity contribution is 6.67. The molecule has 0 aliphatic rings. The van der Waals surface area contributed by atoms with Crippen molar-refractivity contribution in [1.29, 1.82) is 0 Å². The molecule has 3 rings (SSSR count). The predicted octanol–water partition coefficient (Wildman–Crippen LogP) is 6.85. The lowest BCUT2D eigenvalue weighted by Gasteiger charge is -2.15. The van der Waals surface area contributed by atoms with Crippen LogP contribution in [0.1, 0.15) is 28.3 Å². The molecule has 4 nitrogen and oxygen atoms in total. The standard InChI is InChI=1S/C20H13Cl6N3O/c21-19(22,23)17-27-16(28-18(29-17)20(24,25)26)15-8-6-12(7-9-15)4-5-13-2-1-3-14(10-13)11-30/h1-10,30H,11H2. The van der Waals surface area contributed by atoms with E-state index in [-0.39, 0.29) is 24.1 Å². The van der Waals surface area contributed by atoms with Crippen LogP contribution in [0.4, 0.5) is 0 Å². The van der Waals surface area contributed by atoms with Gasteiger partial charge in [0.25, 0.3) is 0 Å². The Kier molecular flexibility index (Phi) is 7.52. The first-order valence-electron chi connectivity index (χ1n) is 8.45. The summed E-state index contributed by atoms with van der Waals surface area (Å²) in [6.45, 7) is -0.00529. The zero-order chi connectivity index (χ0) is 21.9. The van der Waals surface area contributed by atoms with E-state index in [4.69, 9.17) is 69.6 Å². The van der Waals surface area contributed by atoms with E-state index in [2.05, 4.69) is 15.0 Å². The van der Waals surface area contributed by atoms with Crippen LogP contribution in [0, 0.1) is 0 Å². The van der Waals surface area contributed by atoms with Gasteiger partial charge in [0.15, 0.2) is 17.5 Å². The van der Waals surface area contributed by atoms with E-state index in [1.165, 1.54) is 0 Å². The van der Waals surface area contributed by atoms with Crippen LogP contribution < -0.4 is 0 Å². The van der Waals surface area contributed by atoms with Crippen LogP contribution >= 0.6 is 69.6 Å². The van der Waals surface area contributed by atoms with E-state index in [0.29, 0.717) is 5.56 Å². The Labute approximate surface area is 203 Å². The summed E-state index contributed by atoms with van der Waals surface area (Å²) in [5, 5.41) is 9.24. The minimum absolute atomic E-state index is 0.00529. The highest BCUT2D eigenvalue weighted by Gasteiger charge is 2.33. The number of benzene rings is 2. The first kappa shape index (κ1) is 23.6. The second-order valence-electron chi connectivity index (χ2n) is 6.16. The topological polar surface area (TPSA) is 58.9 Å². The predicted molar refractivity (Wildman–Crippen MR) is 125 cm³/mol. The Balaban J connectivity index is 1.91. The molecule has 2 aromatic carbocycles. The lowest BCUT2D eigenvalue weighted by molar-refractivity contribution is 0.282. The van der Waals surface area contributed by atoms with Crippen LogP contribution in [0.3, 0.4) is 0 Å². The molecule has 0 radical (unpaired) electrons. The maximum absolute atomic E-state index is 9.24. The molecule has 10 heteroatoms. The van der Waals surface area contributed by atoms with Crippen LogP contribution in [-0.4, -0.2) is 20.1 Å². The smallest absolute Gasteiger partial charge is 0.250 e. The number of aromatic nitrogens is 3. The van der Waals surface area contributed by atoms with Gasteiger partial charge in [-0.3, -0.25) is 0 Å². The van der Waals surface area contributed by atoms with Gasteiger partial charge in [0.1, 0.15) is 0 Å². The lowest BCUT2D eigenvalue weighted by Crippen LogP contribution is -2.16. The molecule has 1 N–H and O–H groups in total. The Bertz CT molecular complexity index is 1030. The van der Waals surface area contributed by atoms with Crippen molar-refractivity contribution >= 4 is 81.8 Å². The molecule has 0 atom stereocenters. The molecular weight excluding hydrogens is 511 g/mol. The molecule has 3 aromatic rings. The zero-order valence-corrected chi connectivity index (χ0v) is 19.6. The van der Waals surface area contributed by atoms with Crippen molar-refractivity contribution in [3.63, 3.8) is 0 Å². The minimum atomic E-state index is -1.91. The largest absolute Gasteiger partial charge is 0.392 e. The van der Waals surface area contributed by atoms with E-state index in [1.807, 2.05) is 48.6 Å². The van der Waals surface area contributed by atoms with Crippen molar-refractivity contribution in [2.45, 2.75) is 14.2 Å². The summed E-state index contributed by atoms with van der Waals surface area (Å²) in [6.07, 6.45) is 3.88. The van der Waals surface area contributed by atoms with Gasteiger partial charge in [0.2, 0.25) is 7.59 Å². The van der Waals surface area contributed by atoms with E-state index < -0.39 is 7.59 Å². The second-order valence-corrected chi connectivity index (χ2v) is 10.7. The average Bonchev–Trinajstić information content (AvgIpc) is 2.71. The highest BCUT2D eigenvalue weighted by Crippen LogP contribution is 2.40. The fourth-order valence-corrected chi connectivity index (χ4v) is 3.00. The van der Waals surface area contributed by atoms with Gasteiger partial charge in [0.05, 0.1) is 6.61 Å². The van der Waals surface area contributed by atoms with Crippen molar-refractivity contribution in [2.24, 2.45) is 0 Å². The summed E-state index contributed by atoms with van der Waals surface area (Å²) in [6, 6.07) is 14.9. The summed E-state index contributed by atoms with van der Waals surface area (Å²) in [5.41, 5.74) is 3.38. The maximum atomic E-state index is 9.24. The fraction of sp³-hybridized carbons (Fsp3) is 0.150. The molecule has 1 aromatic heterocycles. The molecule has 0 aliphatic heterocycles. The van der Waals surface area contributed by atoms with Crippen LogP contribution in [0.25, 0.3) is 23.5 Å². The van der Waals surface area contributed by atoms with Crippen LogP contribution in [-0.2, 0) is 14.2 Å². The van der Waals surface area contributed by atoms with Gasteiger partial charge in [-0.05, 0) is 22.8 Å². The monoisotopic (exact) mass is 521 g/mol. The molecule has 1 heterocycles. The lowest BCUT2D eigenvalue weighted by atomic mass is 10.1. The summed E-state index contributed by atoms with van der Waals surface area (Å²) in [7, 11) is 0. The Morgan fingerprint density at radius 3 is 1.83 bits per heavy atom. The Hall–Kier alpha value is -1.11. The minimum Gasteiger partial charge on any atom is -0.392 e. The summed E-state index contributed by atoms with van der Waals surface area (Å²) < 4.78 is -3.82. The third-order valence-corrected chi connectivity index (χ3v) is 4.93. The Morgan fingerprint density at radius 2 is 1.30 bits per heavy atom. The van der Waals surface area contributed by atoms with E-state index in [0.717, 1.165) is 16.7 Å². The summed E-state index contributed by atoms with van der Waals surface area (Å²) >= 11 is 35.5. The zero-order valence-electron chi connectivity index (χ0n) is 15.0. The van der Waals surface area contributed by atoms with E-state index >= 15 is 0 Å². The molecule has 0 fully saturated rings. The maximum Gasteiger partial charge on any atom is 0.250 e. The number of aliphatic hydroxyl groups excluding tert-OH is 1. The number of nitrogens with zero attached hydrogens (tertiary/aromatic N) is 3. The van der Waals surface area contributed by atoms with Crippen LogP contribution in [0.15, 0.2) is 48.5 Å². The van der Waals surface area contributed by atoms with Crippen LogP contribution in [0.2, 0.25) is 0 Å². The van der Waals surface area contributed by atoms with E-state index in [9.17, 15) is 5.11 Å². The van der Waals surface area contributed by atoms with Gasteiger partial charge in [-0.25, -0.2) is 15.0 Å². The number of rotatable bonds is 4. The molecule has 0 spiro atoms. The summed E-state index contributed by atoms with van der Waals surface area (Å²) in [4.78, 5) is 12.3. The second kappa shape index (κ2) is 9.58. The number of hydrogen-bond acceptors (Lipinski definition) is 4. The quantitative estimate of drug-likeness (QED) is 0.300. The molecule has 0 unspecified atom stereocenters. The molecule has 30 heavy (non-hydrogen) atoms. The fourth-order valence-electron chi connectivity index (χ4n) is 2.49. The van der Waals surface area contributed by atoms with Crippen molar-refractivity contribution in [3.8, 4) is 11.4 Å². The molecule has 0 bridgehead atoms. The molecule has 0 amide bonds. The van der Waals surface area contributed by atoms with Gasteiger partial charge < -0.3 is 5.11 Å². The van der Waals surface area contributed by atoms with Crippen molar-refractivity contribution in [2.75, 3.05) is 0 Å². The highest BCUT2D eigenvalue weighted by atomic mass is 35.6. The van der Waals surface area contributed by atoms with Crippen molar-refractivity contribution < 1.29 is 5.11 Å².